The fourth-order valence-electron chi connectivity index (χ4n) is 2.47. The highest BCUT2D eigenvalue weighted by Crippen LogP contribution is 2.19. The van der Waals surface area contributed by atoms with Crippen molar-refractivity contribution in [2.75, 3.05) is 6.54 Å². The number of nitrogens with one attached hydrogen (secondary N) is 1. The molecule has 1 atom stereocenters. The van der Waals surface area contributed by atoms with Crippen LogP contribution in [0.5, 0.6) is 0 Å². The van der Waals surface area contributed by atoms with E-state index in [0.29, 0.717) is 6.04 Å². The van der Waals surface area contributed by atoms with Gasteiger partial charge in [0.15, 0.2) is 0 Å². The first-order valence-electron chi connectivity index (χ1n) is 7.37. The minimum absolute atomic E-state index is 0.324. The minimum Gasteiger partial charge on any atom is -0.336 e. The summed E-state index contributed by atoms with van der Waals surface area (Å²) in [5.41, 5.74) is 5.34. The van der Waals surface area contributed by atoms with Crippen LogP contribution < -0.4 is 5.32 Å². The van der Waals surface area contributed by atoms with E-state index in [1.165, 1.54) is 22.4 Å². The van der Waals surface area contributed by atoms with Crippen molar-refractivity contribution in [3.8, 4) is 0 Å². The lowest BCUT2D eigenvalue weighted by molar-refractivity contribution is 0.504. The predicted octanol–water partition coefficient (Wildman–Crippen LogP) is 3.32. The van der Waals surface area contributed by atoms with Crippen LogP contribution in [0.25, 0.3) is 0 Å². The van der Waals surface area contributed by atoms with E-state index in [1.807, 2.05) is 12.5 Å². The molecule has 1 N–H and O–H groups in total. The van der Waals surface area contributed by atoms with Crippen molar-refractivity contribution in [2.45, 2.75) is 39.7 Å². The van der Waals surface area contributed by atoms with Crippen LogP contribution in [0.2, 0.25) is 0 Å². The largest absolute Gasteiger partial charge is 0.336 e. The van der Waals surface area contributed by atoms with Crippen molar-refractivity contribution in [1.82, 2.24) is 14.9 Å². The van der Waals surface area contributed by atoms with E-state index in [-0.39, 0.29) is 0 Å². The quantitative estimate of drug-likeness (QED) is 0.873. The van der Waals surface area contributed by atoms with Crippen molar-refractivity contribution in [3.05, 3.63) is 53.1 Å². The van der Waals surface area contributed by atoms with Gasteiger partial charge >= 0.3 is 0 Å². The zero-order chi connectivity index (χ0) is 14.5. The molecule has 0 aliphatic carbocycles. The van der Waals surface area contributed by atoms with Crippen LogP contribution in [0.3, 0.4) is 0 Å². The Labute approximate surface area is 122 Å². The first kappa shape index (κ1) is 14.8. The smallest absolute Gasteiger partial charge is 0.0946 e. The van der Waals surface area contributed by atoms with Gasteiger partial charge in [-0.3, -0.25) is 0 Å². The van der Waals surface area contributed by atoms with Crippen LogP contribution in [0.1, 0.15) is 41.8 Å². The fourth-order valence-corrected chi connectivity index (χ4v) is 2.47. The first-order valence-corrected chi connectivity index (χ1v) is 7.37. The van der Waals surface area contributed by atoms with Crippen molar-refractivity contribution >= 4 is 0 Å². The second kappa shape index (κ2) is 6.71. The predicted molar refractivity (Wildman–Crippen MR) is 83.9 cm³/mol. The molecule has 1 aromatic carbocycles. The Morgan fingerprint density at radius 3 is 2.65 bits per heavy atom. The highest BCUT2D eigenvalue weighted by atomic mass is 15.1. The summed E-state index contributed by atoms with van der Waals surface area (Å²) in [5, 5.41) is 3.63. The van der Waals surface area contributed by atoms with Crippen LogP contribution in [0, 0.1) is 13.8 Å². The van der Waals surface area contributed by atoms with Gasteiger partial charge in [-0.05, 0) is 49.9 Å². The van der Waals surface area contributed by atoms with Gasteiger partial charge in [0.25, 0.3) is 0 Å². The van der Waals surface area contributed by atoms with Crippen LogP contribution >= 0.6 is 0 Å². The molecule has 0 aliphatic heterocycles. The Hall–Kier alpha value is -1.61. The summed E-state index contributed by atoms with van der Waals surface area (Å²) in [6.45, 7) is 7.56. The molecule has 0 amide bonds. The molecule has 0 saturated carbocycles. The maximum atomic E-state index is 4.25. The van der Waals surface area contributed by atoms with Gasteiger partial charge in [0.1, 0.15) is 0 Å². The molecule has 1 unspecified atom stereocenters. The molecular weight excluding hydrogens is 246 g/mol. The number of imidazole rings is 1. The molecule has 2 rings (SSSR count). The van der Waals surface area contributed by atoms with E-state index in [9.17, 15) is 0 Å². The molecule has 3 nitrogen and oxygen atoms in total. The third kappa shape index (κ3) is 3.48. The number of benzene rings is 1. The van der Waals surface area contributed by atoms with Gasteiger partial charge in [-0.15, -0.1) is 0 Å². The van der Waals surface area contributed by atoms with Gasteiger partial charge in [-0.2, -0.15) is 0 Å². The van der Waals surface area contributed by atoms with Gasteiger partial charge in [-0.25, -0.2) is 4.98 Å². The highest BCUT2D eigenvalue weighted by Gasteiger charge is 2.15. The summed E-state index contributed by atoms with van der Waals surface area (Å²) in [6, 6.07) is 7.07. The van der Waals surface area contributed by atoms with Gasteiger partial charge in [0.2, 0.25) is 0 Å². The topological polar surface area (TPSA) is 29.9 Å². The normalized spacial score (nSPS) is 12.6. The van der Waals surface area contributed by atoms with Gasteiger partial charge < -0.3 is 9.88 Å². The van der Waals surface area contributed by atoms with Crippen molar-refractivity contribution in [1.29, 1.82) is 0 Å². The Morgan fingerprint density at radius 2 is 2.05 bits per heavy atom. The lowest BCUT2D eigenvalue weighted by atomic mass is 9.99. The van der Waals surface area contributed by atoms with Crippen molar-refractivity contribution in [2.24, 2.45) is 7.05 Å². The van der Waals surface area contributed by atoms with Crippen LogP contribution in [0.4, 0.5) is 0 Å². The SMILES string of the molecule is CCCNC(Cc1ccc(C)c(C)c1)c1cncn1C. The molecule has 0 radical (unpaired) electrons. The standard InChI is InChI=1S/C17H25N3/c1-5-8-19-16(17-11-18-12-20(17)4)10-15-7-6-13(2)14(3)9-15/h6-7,9,11-12,16,19H,5,8,10H2,1-4H3. The molecule has 1 aromatic heterocycles. The number of aryl methyl sites for hydroxylation is 3. The molecule has 3 heteroatoms. The maximum absolute atomic E-state index is 4.25. The molecule has 0 aliphatic rings. The second-order valence-corrected chi connectivity index (χ2v) is 5.56. The van der Waals surface area contributed by atoms with E-state index < -0.39 is 0 Å². The number of aromatic nitrogens is 2. The Bertz CT molecular complexity index is 557. The summed E-state index contributed by atoms with van der Waals surface area (Å²) >= 11 is 0. The molecule has 0 fully saturated rings. The van der Waals surface area contributed by atoms with Gasteiger partial charge in [0, 0.05) is 13.2 Å². The molecule has 0 saturated heterocycles. The summed E-state index contributed by atoms with van der Waals surface area (Å²) in [4.78, 5) is 4.25. The molecule has 1 heterocycles. The number of nitrogens with zero attached hydrogens (tertiary/aromatic N) is 2. The van der Waals surface area contributed by atoms with Crippen molar-refractivity contribution in [3.63, 3.8) is 0 Å². The summed E-state index contributed by atoms with van der Waals surface area (Å²) in [6.07, 6.45) is 5.98. The summed E-state index contributed by atoms with van der Waals surface area (Å²) < 4.78 is 2.11. The van der Waals surface area contributed by atoms with E-state index in [2.05, 4.69) is 60.9 Å². The maximum Gasteiger partial charge on any atom is 0.0946 e. The average Bonchev–Trinajstić information content (AvgIpc) is 2.85. The first-order chi connectivity index (χ1) is 9.61. The Balaban J connectivity index is 2.19. The van der Waals surface area contributed by atoms with E-state index >= 15 is 0 Å². The Kier molecular flexibility index (Phi) is 4.96. The number of rotatable bonds is 6. The third-order valence-electron chi connectivity index (χ3n) is 3.86. The zero-order valence-corrected chi connectivity index (χ0v) is 13.0. The van der Waals surface area contributed by atoms with Gasteiger partial charge in [-0.1, -0.05) is 25.1 Å². The lowest BCUT2D eigenvalue weighted by Gasteiger charge is -2.19. The third-order valence-corrected chi connectivity index (χ3v) is 3.86. The molecular formula is C17H25N3. The summed E-state index contributed by atoms with van der Waals surface area (Å²) in [7, 11) is 2.06. The number of hydrogen-bond donors (Lipinski definition) is 1. The minimum atomic E-state index is 0.324. The monoisotopic (exact) mass is 271 g/mol. The zero-order valence-electron chi connectivity index (χ0n) is 13.0. The van der Waals surface area contributed by atoms with Crippen LogP contribution in [-0.2, 0) is 13.5 Å². The molecule has 108 valence electrons. The molecule has 20 heavy (non-hydrogen) atoms. The molecule has 0 spiro atoms. The Morgan fingerprint density at radius 1 is 1.25 bits per heavy atom. The lowest BCUT2D eigenvalue weighted by Crippen LogP contribution is -2.25. The van der Waals surface area contributed by atoms with Crippen LogP contribution in [-0.4, -0.2) is 16.1 Å². The second-order valence-electron chi connectivity index (χ2n) is 5.56. The van der Waals surface area contributed by atoms with E-state index in [1.54, 1.807) is 0 Å². The molecule has 0 bridgehead atoms. The van der Waals surface area contributed by atoms with Gasteiger partial charge in [0.05, 0.1) is 18.1 Å². The molecule has 2 aromatic rings. The fraction of sp³-hybridized carbons (Fsp3) is 0.471. The van der Waals surface area contributed by atoms with E-state index in [4.69, 9.17) is 0 Å². The van der Waals surface area contributed by atoms with E-state index in [0.717, 1.165) is 19.4 Å². The van der Waals surface area contributed by atoms with Crippen molar-refractivity contribution < 1.29 is 0 Å². The average molecular weight is 271 g/mol. The summed E-state index contributed by atoms with van der Waals surface area (Å²) in [5.74, 6) is 0. The van der Waals surface area contributed by atoms with Crippen LogP contribution in [0.15, 0.2) is 30.7 Å². The highest BCUT2D eigenvalue weighted by molar-refractivity contribution is 5.31. The number of hydrogen-bond acceptors (Lipinski definition) is 2.